The number of hydrogen-bond acceptors (Lipinski definition) is 3. The van der Waals surface area contributed by atoms with Gasteiger partial charge in [-0.15, -0.1) is 0 Å². The highest BCUT2D eigenvalue weighted by atomic mass is 16.1. The van der Waals surface area contributed by atoms with E-state index >= 15 is 0 Å². The third-order valence-electron chi connectivity index (χ3n) is 1.96. The van der Waals surface area contributed by atoms with Crippen LogP contribution >= 0.6 is 0 Å². The summed E-state index contributed by atoms with van der Waals surface area (Å²) in [6.45, 7) is 5.20. The summed E-state index contributed by atoms with van der Waals surface area (Å²) >= 11 is 0. The minimum atomic E-state index is 0.571. The number of unbranched alkanes of at least 4 members (excludes halogenated alkanes) is 1. The maximum absolute atomic E-state index is 10.2. The highest BCUT2D eigenvalue weighted by Crippen LogP contribution is 2.04. The molecule has 0 unspecified atom stereocenters. The SMILES string of the molecule is CC(C)Cn1ncnc1CCCC=O. The molecule has 0 aliphatic heterocycles. The molecule has 1 rings (SSSR count). The summed E-state index contributed by atoms with van der Waals surface area (Å²) in [5.74, 6) is 1.56. The molecule has 0 amide bonds. The van der Waals surface area contributed by atoms with Crippen LogP contribution in [0.1, 0.15) is 32.5 Å². The smallest absolute Gasteiger partial charge is 0.138 e. The zero-order valence-electron chi connectivity index (χ0n) is 8.81. The van der Waals surface area contributed by atoms with Crippen molar-refractivity contribution in [2.24, 2.45) is 5.92 Å². The van der Waals surface area contributed by atoms with Crippen molar-refractivity contribution >= 4 is 6.29 Å². The summed E-state index contributed by atoms with van der Waals surface area (Å²) in [6.07, 6.45) is 4.84. The van der Waals surface area contributed by atoms with E-state index in [-0.39, 0.29) is 0 Å². The molecule has 0 spiro atoms. The van der Waals surface area contributed by atoms with Crippen LogP contribution in [0.15, 0.2) is 6.33 Å². The van der Waals surface area contributed by atoms with Gasteiger partial charge in [0.05, 0.1) is 0 Å². The zero-order chi connectivity index (χ0) is 10.4. The summed E-state index contributed by atoms with van der Waals surface area (Å²) in [6, 6.07) is 0. The van der Waals surface area contributed by atoms with E-state index in [1.165, 1.54) is 0 Å². The number of nitrogens with zero attached hydrogens (tertiary/aromatic N) is 3. The molecule has 0 aliphatic rings. The number of aryl methyl sites for hydroxylation is 1. The molecular weight excluding hydrogens is 178 g/mol. The standard InChI is InChI=1S/C10H17N3O/c1-9(2)7-13-10(11-8-12-13)5-3-4-6-14/h6,8-9H,3-5,7H2,1-2H3. The van der Waals surface area contributed by atoms with Crippen LogP contribution < -0.4 is 0 Å². The van der Waals surface area contributed by atoms with Crippen LogP contribution in [0.5, 0.6) is 0 Å². The minimum Gasteiger partial charge on any atom is -0.303 e. The Hall–Kier alpha value is -1.19. The molecule has 1 heterocycles. The molecular formula is C10H17N3O. The highest BCUT2D eigenvalue weighted by Gasteiger charge is 2.05. The second kappa shape index (κ2) is 5.52. The van der Waals surface area contributed by atoms with Gasteiger partial charge in [0.2, 0.25) is 0 Å². The van der Waals surface area contributed by atoms with Gasteiger partial charge in [0, 0.05) is 19.4 Å². The first-order chi connectivity index (χ1) is 6.74. The molecule has 78 valence electrons. The number of rotatable bonds is 6. The fraction of sp³-hybridized carbons (Fsp3) is 0.700. The Labute approximate surface area is 84.3 Å². The first-order valence-electron chi connectivity index (χ1n) is 5.04. The van der Waals surface area contributed by atoms with E-state index in [1.54, 1.807) is 6.33 Å². The molecule has 0 atom stereocenters. The number of aldehydes is 1. The average Bonchev–Trinajstić information content (AvgIpc) is 2.52. The maximum atomic E-state index is 10.2. The summed E-state index contributed by atoms with van der Waals surface area (Å²) < 4.78 is 1.93. The molecule has 1 aromatic heterocycles. The predicted octanol–water partition coefficient (Wildman–Crippen LogP) is 1.46. The Balaban J connectivity index is 2.49. The van der Waals surface area contributed by atoms with E-state index in [2.05, 4.69) is 23.9 Å². The lowest BCUT2D eigenvalue weighted by molar-refractivity contribution is -0.107. The van der Waals surface area contributed by atoms with E-state index < -0.39 is 0 Å². The van der Waals surface area contributed by atoms with Crippen molar-refractivity contribution in [3.63, 3.8) is 0 Å². The molecule has 0 saturated carbocycles. The van der Waals surface area contributed by atoms with E-state index in [9.17, 15) is 4.79 Å². The molecule has 0 N–H and O–H groups in total. The van der Waals surface area contributed by atoms with Crippen LogP contribution in [-0.2, 0) is 17.8 Å². The monoisotopic (exact) mass is 195 g/mol. The van der Waals surface area contributed by atoms with E-state index in [4.69, 9.17) is 0 Å². The van der Waals surface area contributed by atoms with Crippen LogP contribution in [0.3, 0.4) is 0 Å². The maximum Gasteiger partial charge on any atom is 0.138 e. The average molecular weight is 195 g/mol. The fourth-order valence-corrected chi connectivity index (χ4v) is 1.32. The molecule has 4 nitrogen and oxygen atoms in total. The summed E-state index contributed by atoms with van der Waals surface area (Å²) in [7, 11) is 0. The van der Waals surface area contributed by atoms with Crippen molar-refractivity contribution < 1.29 is 4.79 Å². The number of aromatic nitrogens is 3. The quantitative estimate of drug-likeness (QED) is 0.510. The third kappa shape index (κ3) is 3.28. The van der Waals surface area contributed by atoms with E-state index in [1.807, 2.05) is 4.68 Å². The van der Waals surface area contributed by atoms with Crippen molar-refractivity contribution in [1.82, 2.24) is 14.8 Å². The van der Waals surface area contributed by atoms with Crippen LogP contribution in [0.2, 0.25) is 0 Å². The molecule has 0 aromatic carbocycles. The van der Waals surface area contributed by atoms with Gasteiger partial charge in [-0.1, -0.05) is 13.8 Å². The Morgan fingerprint density at radius 2 is 2.36 bits per heavy atom. The first kappa shape index (κ1) is 10.9. The van der Waals surface area contributed by atoms with Gasteiger partial charge < -0.3 is 4.79 Å². The van der Waals surface area contributed by atoms with E-state index in [0.29, 0.717) is 12.3 Å². The molecule has 0 fully saturated rings. The number of hydrogen-bond donors (Lipinski definition) is 0. The van der Waals surface area contributed by atoms with E-state index in [0.717, 1.165) is 31.5 Å². The lowest BCUT2D eigenvalue weighted by Crippen LogP contribution is -2.10. The molecule has 0 bridgehead atoms. The third-order valence-corrected chi connectivity index (χ3v) is 1.96. The van der Waals surface area contributed by atoms with Crippen LogP contribution in [0, 0.1) is 5.92 Å². The predicted molar refractivity (Wildman–Crippen MR) is 53.9 cm³/mol. The Morgan fingerprint density at radius 3 is 3.00 bits per heavy atom. The van der Waals surface area contributed by atoms with Gasteiger partial charge >= 0.3 is 0 Å². The summed E-state index contributed by atoms with van der Waals surface area (Å²) in [5, 5.41) is 4.15. The van der Waals surface area contributed by atoms with Crippen molar-refractivity contribution in [1.29, 1.82) is 0 Å². The molecule has 0 aliphatic carbocycles. The largest absolute Gasteiger partial charge is 0.303 e. The van der Waals surface area contributed by atoms with Crippen molar-refractivity contribution in [3.05, 3.63) is 12.2 Å². The second-order valence-corrected chi connectivity index (χ2v) is 3.81. The molecule has 14 heavy (non-hydrogen) atoms. The zero-order valence-corrected chi connectivity index (χ0v) is 8.81. The topological polar surface area (TPSA) is 47.8 Å². The van der Waals surface area contributed by atoms with Crippen molar-refractivity contribution in [2.45, 2.75) is 39.7 Å². The van der Waals surface area contributed by atoms with Gasteiger partial charge in [-0.05, 0) is 12.3 Å². The van der Waals surface area contributed by atoms with Gasteiger partial charge in [-0.25, -0.2) is 9.67 Å². The Bertz CT molecular complexity index is 281. The molecule has 4 heteroatoms. The Kier molecular flexibility index (Phi) is 4.29. The summed E-state index contributed by atoms with van der Waals surface area (Å²) in [5.41, 5.74) is 0. The first-order valence-corrected chi connectivity index (χ1v) is 5.04. The fourth-order valence-electron chi connectivity index (χ4n) is 1.32. The highest BCUT2D eigenvalue weighted by molar-refractivity contribution is 5.49. The normalized spacial score (nSPS) is 10.8. The van der Waals surface area contributed by atoms with Crippen LogP contribution in [0.25, 0.3) is 0 Å². The number of carbonyl (C=O) groups is 1. The van der Waals surface area contributed by atoms with Gasteiger partial charge in [0.1, 0.15) is 18.4 Å². The van der Waals surface area contributed by atoms with Gasteiger partial charge in [0.25, 0.3) is 0 Å². The molecule has 0 saturated heterocycles. The van der Waals surface area contributed by atoms with Crippen LogP contribution in [-0.4, -0.2) is 21.1 Å². The van der Waals surface area contributed by atoms with Crippen LogP contribution in [0.4, 0.5) is 0 Å². The summed E-state index contributed by atoms with van der Waals surface area (Å²) in [4.78, 5) is 14.3. The second-order valence-electron chi connectivity index (χ2n) is 3.81. The van der Waals surface area contributed by atoms with Gasteiger partial charge in [-0.2, -0.15) is 5.10 Å². The molecule has 0 radical (unpaired) electrons. The van der Waals surface area contributed by atoms with Gasteiger partial charge in [0.15, 0.2) is 0 Å². The Morgan fingerprint density at radius 1 is 1.57 bits per heavy atom. The van der Waals surface area contributed by atoms with Crippen molar-refractivity contribution in [3.8, 4) is 0 Å². The lowest BCUT2D eigenvalue weighted by atomic mass is 10.2. The number of carbonyl (C=O) groups excluding carboxylic acids is 1. The van der Waals surface area contributed by atoms with Crippen molar-refractivity contribution in [2.75, 3.05) is 0 Å². The van der Waals surface area contributed by atoms with Gasteiger partial charge in [-0.3, -0.25) is 0 Å². The lowest BCUT2D eigenvalue weighted by Gasteiger charge is -2.07. The molecule has 1 aromatic rings. The minimum absolute atomic E-state index is 0.571.